The Bertz CT molecular complexity index is 3540. The van der Waals surface area contributed by atoms with E-state index in [2.05, 4.69) is 38.2 Å². The Labute approximate surface area is 535 Å². The number of hydrogen-bond acceptors (Lipinski definition) is 15. The number of nitrogens with one attached hydrogen (secondary N) is 2. The number of amides is 13. The van der Waals surface area contributed by atoms with Gasteiger partial charge in [-0.1, -0.05) is 151 Å². The van der Waals surface area contributed by atoms with Gasteiger partial charge in [-0.15, -0.1) is 0 Å². The zero-order valence-electron chi connectivity index (χ0n) is 52.9. The van der Waals surface area contributed by atoms with Crippen molar-refractivity contribution in [3.8, 4) is 5.75 Å². The SMILES string of the molecule is C=C1C(=O)N(C)C2OC=CC(=O)N2C1=O.C=C1C(=O)N(CCCCCCCCCCCC)C(=S)N(C(CC)Oc2ccc(C)cc2C)C1=O.C=C1C(=O)N(c2ccc(C)cc2)C(=O)N(c2ccc(C)cc2)C1=O.C=C1C(=O)NC(=O)N(c2ccc(N(C)C)[nH]2)C1=O. The summed E-state index contributed by atoms with van der Waals surface area (Å²) >= 11 is 5.63. The second kappa shape index (κ2) is 31.4. The van der Waals surface area contributed by atoms with E-state index in [0.29, 0.717) is 30.1 Å². The number of carbonyl (C=O) groups is 11. The number of barbiturate groups is 2. The van der Waals surface area contributed by atoms with E-state index in [4.69, 9.17) is 21.7 Å². The van der Waals surface area contributed by atoms with E-state index in [1.165, 1.54) is 61.8 Å². The molecule has 13 amide bonds. The van der Waals surface area contributed by atoms with Gasteiger partial charge >= 0.3 is 12.1 Å². The number of anilines is 4. The van der Waals surface area contributed by atoms with Crippen molar-refractivity contribution in [2.75, 3.05) is 47.3 Å². The number of hydrogen-bond donors (Lipinski definition) is 2. The molecule has 4 aromatic rings. The van der Waals surface area contributed by atoms with Crippen molar-refractivity contribution in [3.05, 3.63) is 162 Å². The molecular formula is C67H78N10O13S. The normalized spacial score (nSPS) is 17.1. The summed E-state index contributed by atoms with van der Waals surface area (Å²) in [5.41, 5.74) is 4.15. The predicted octanol–water partition coefficient (Wildman–Crippen LogP) is 9.63. The van der Waals surface area contributed by atoms with Crippen LogP contribution < -0.4 is 29.7 Å². The highest BCUT2D eigenvalue weighted by Crippen LogP contribution is 2.31. The van der Waals surface area contributed by atoms with Crippen LogP contribution in [-0.4, -0.2) is 135 Å². The van der Waals surface area contributed by atoms with Crippen molar-refractivity contribution < 1.29 is 62.2 Å². The fourth-order valence-electron chi connectivity index (χ4n) is 9.76. The summed E-state index contributed by atoms with van der Waals surface area (Å²) < 4.78 is 11.2. The minimum absolute atomic E-state index is 0.0524. The van der Waals surface area contributed by atoms with Crippen molar-refractivity contribution >= 4 is 106 Å². The van der Waals surface area contributed by atoms with Gasteiger partial charge in [-0.2, -0.15) is 0 Å². The zero-order chi connectivity index (χ0) is 67.1. The number of thiocarbonyl (C=S) groups is 1. The fraction of sp³-hybridized carbons (Fsp3) is 0.343. The number of benzene rings is 3. The number of likely N-dealkylation sites (N-methyl/N-ethyl adjacent to an activating group) is 1. The van der Waals surface area contributed by atoms with Crippen LogP contribution in [0.25, 0.3) is 0 Å². The van der Waals surface area contributed by atoms with Crippen molar-refractivity contribution in [3.63, 3.8) is 0 Å². The lowest BCUT2D eigenvalue weighted by Gasteiger charge is -2.40. The Morgan fingerprint density at radius 2 is 1.10 bits per heavy atom. The highest BCUT2D eigenvalue weighted by Gasteiger charge is 2.46. The molecule has 0 aliphatic carbocycles. The van der Waals surface area contributed by atoms with E-state index < -0.39 is 71.9 Å². The van der Waals surface area contributed by atoms with Crippen LogP contribution in [0.2, 0.25) is 0 Å². The predicted molar refractivity (Wildman–Crippen MR) is 348 cm³/mol. The fourth-order valence-corrected chi connectivity index (χ4v) is 10.1. The van der Waals surface area contributed by atoms with Crippen molar-refractivity contribution in [1.29, 1.82) is 0 Å². The molecule has 23 nitrogen and oxygen atoms in total. The number of unbranched alkanes of at least 4 members (excludes halogenated alkanes) is 9. The summed E-state index contributed by atoms with van der Waals surface area (Å²) in [7, 11) is 5.07. The molecule has 4 saturated heterocycles. The smallest absolute Gasteiger partial charge is 0.343 e. The van der Waals surface area contributed by atoms with Gasteiger partial charge in [0.25, 0.3) is 59.5 Å². The Hall–Kier alpha value is -10.1. The topological polar surface area (TPSA) is 260 Å². The monoisotopic (exact) mass is 1260 g/mol. The molecule has 3 aromatic carbocycles. The molecule has 0 spiro atoms. The van der Waals surface area contributed by atoms with Crippen LogP contribution in [0.4, 0.5) is 32.6 Å². The van der Waals surface area contributed by atoms with E-state index in [0.717, 1.165) is 84.2 Å². The maximum absolute atomic E-state index is 13.0. The van der Waals surface area contributed by atoms with Gasteiger partial charge in [-0.25, -0.2) is 34.1 Å². The Balaban J connectivity index is 0.000000202. The zero-order valence-corrected chi connectivity index (χ0v) is 53.7. The van der Waals surface area contributed by atoms with E-state index >= 15 is 0 Å². The number of imide groups is 5. The lowest BCUT2D eigenvalue weighted by molar-refractivity contribution is -0.180. The average molecular weight is 1260 g/mol. The van der Waals surface area contributed by atoms with Gasteiger partial charge in [0.1, 0.15) is 17.4 Å². The van der Waals surface area contributed by atoms with Crippen LogP contribution >= 0.6 is 12.2 Å². The largest absolute Gasteiger partial charge is 0.470 e. The molecule has 0 radical (unpaired) electrons. The molecule has 480 valence electrons. The van der Waals surface area contributed by atoms with Gasteiger partial charge in [0, 0.05) is 40.2 Å². The van der Waals surface area contributed by atoms with Crippen molar-refractivity contribution in [2.45, 2.75) is 125 Å². The third kappa shape index (κ3) is 16.4. The van der Waals surface area contributed by atoms with Crippen LogP contribution in [0.3, 0.4) is 0 Å². The van der Waals surface area contributed by atoms with Gasteiger partial charge in [0.2, 0.25) is 0 Å². The lowest BCUT2D eigenvalue weighted by Crippen LogP contribution is -2.61. The number of urea groups is 2. The van der Waals surface area contributed by atoms with Gasteiger partial charge < -0.3 is 19.4 Å². The summed E-state index contributed by atoms with van der Waals surface area (Å²) in [4.78, 5) is 145. The average Bonchev–Trinajstić information content (AvgIpc) is 1.71. The van der Waals surface area contributed by atoms with Crippen LogP contribution in [0.15, 0.2) is 140 Å². The van der Waals surface area contributed by atoms with Crippen LogP contribution in [0.1, 0.15) is 107 Å². The highest BCUT2D eigenvalue weighted by molar-refractivity contribution is 7.80. The van der Waals surface area contributed by atoms with E-state index in [-0.39, 0.29) is 39.1 Å². The van der Waals surface area contributed by atoms with Gasteiger partial charge in [-0.05, 0) is 94.4 Å². The maximum atomic E-state index is 13.0. The summed E-state index contributed by atoms with van der Waals surface area (Å²) in [5, 5.41) is 2.26. The standard InChI is InChI=1S/C28H42N2O3S.C19H16N2O3.C11H12N4O3.C9H8N2O4/c1-6-8-9-10-11-12-13-14-15-16-19-29-26(31)23(5)27(32)30(28(29)34)25(7-2)33-24-18-17-21(3)20-22(24)4;1-12-4-8-15(9-5-12)20-17(22)14(3)18(23)21(19(20)24)16-10-6-13(2)7-11-16;1-6-9(16)13-11(18)15(10(6)17)8-5-4-7(12-8)14(2)3;1-5-7(13)10(2)9-11(8(5)14)6(12)3-4-15-9/h17-18,20,25H,5-16,19H2,1-4H3;4-11H,3H2,1-2H3;4-5,12H,1H2,2-3H3,(H,13,16,18);3-4,9H,1H2,2H3. The minimum atomic E-state index is -0.993. The number of aryl methyl sites for hydroxylation is 4. The summed E-state index contributed by atoms with van der Waals surface area (Å²) in [6.07, 6.45) is 13.4. The third-order valence-corrected chi connectivity index (χ3v) is 15.5. The first kappa shape index (κ1) is 70.0. The number of carbonyl (C=O) groups excluding carboxylic acids is 11. The van der Waals surface area contributed by atoms with Crippen molar-refractivity contribution in [2.24, 2.45) is 0 Å². The second-order valence-corrected chi connectivity index (χ2v) is 22.6. The first-order valence-corrected chi connectivity index (χ1v) is 30.2. The summed E-state index contributed by atoms with van der Waals surface area (Å²) in [5.74, 6) is -3.78. The Morgan fingerprint density at radius 1 is 0.593 bits per heavy atom. The number of rotatable bonds is 19. The number of fused-ring (bicyclic) bond motifs is 1. The van der Waals surface area contributed by atoms with Gasteiger partial charge in [0.15, 0.2) is 11.3 Å². The maximum Gasteiger partial charge on any atom is 0.343 e. The number of H-pyrrole nitrogens is 1. The number of ether oxygens (including phenoxy) is 2. The molecule has 2 atom stereocenters. The minimum Gasteiger partial charge on any atom is -0.470 e. The number of aromatic amines is 1. The van der Waals surface area contributed by atoms with E-state index in [1.807, 2.05) is 72.2 Å². The molecule has 2 N–H and O–H groups in total. The lowest BCUT2D eigenvalue weighted by atomic mass is 10.1. The second-order valence-electron chi connectivity index (χ2n) is 22.2. The van der Waals surface area contributed by atoms with Crippen LogP contribution in [-0.2, 0) is 47.9 Å². The quantitative estimate of drug-likeness (QED) is 0.0291. The summed E-state index contributed by atoms with van der Waals surface area (Å²) in [6.45, 7) is 26.5. The molecule has 0 saturated carbocycles. The molecule has 5 aliphatic heterocycles. The first-order chi connectivity index (χ1) is 43.2. The number of aromatic nitrogens is 1. The van der Waals surface area contributed by atoms with Gasteiger partial charge in [0.05, 0.1) is 39.9 Å². The molecule has 5 aliphatic rings. The third-order valence-electron chi connectivity index (χ3n) is 15.1. The van der Waals surface area contributed by atoms with Gasteiger partial charge in [-0.3, -0.25) is 58.3 Å². The number of nitrogens with zero attached hydrogens (tertiary/aromatic N) is 8. The van der Waals surface area contributed by atoms with Crippen LogP contribution in [0, 0.1) is 27.7 Å². The molecule has 6 heterocycles. The van der Waals surface area contributed by atoms with Crippen LogP contribution in [0.5, 0.6) is 5.75 Å². The van der Waals surface area contributed by atoms with E-state index in [1.54, 1.807) is 65.6 Å². The molecule has 9 rings (SSSR count). The van der Waals surface area contributed by atoms with E-state index in [9.17, 15) is 52.7 Å². The Morgan fingerprint density at radius 3 is 1.62 bits per heavy atom. The molecule has 1 aromatic heterocycles. The molecule has 91 heavy (non-hydrogen) atoms. The summed E-state index contributed by atoms with van der Waals surface area (Å²) in [6, 6.07) is 21.6. The molecule has 24 heteroatoms. The highest BCUT2D eigenvalue weighted by atomic mass is 32.1. The molecule has 0 bridgehead atoms. The van der Waals surface area contributed by atoms with Crippen molar-refractivity contribution in [1.82, 2.24) is 29.9 Å². The Kier molecular flexibility index (Phi) is 24.1. The molecule has 2 unspecified atom stereocenters. The molecular weight excluding hydrogens is 1180 g/mol. The molecule has 4 fully saturated rings. The first-order valence-electron chi connectivity index (χ1n) is 29.7.